The first-order valence-electron chi connectivity index (χ1n) is 10.6. The van der Waals surface area contributed by atoms with Gasteiger partial charge < -0.3 is 14.6 Å². The largest absolute Gasteiger partial charge is 0.507 e. The number of nitro benzene ring substituents is 1. The van der Waals surface area contributed by atoms with Crippen LogP contribution in [0.1, 0.15) is 21.5 Å². The first kappa shape index (κ1) is 24.7. The molecule has 0 aromatic heterocycles. The van der Waals surface area contributed by atoms with E-state index in [9.17, 15) is 20.0 Å². The molecule has 0 aliphatic heterocycles. The number of amides is 1. The summed E-state index contributed by atoms with van der Waals surface area (Å²) in [6.45, 7) is 0.100. The molecule has 4 rings (SSSR count). The minimum atomic E-state index is -0.561. The smallest absolute Gasteiger partial charge is 0.275 e. The van der Waals surface area contributed by atoms with Crippen LogP contribution in [0.3, 0.4) is 0 Å². The van der Waals surface area contributed by atoms with Crippen molar-refractivity contribution in [1.82, 2.24) is 5.43 Å². The fourth-order valence-corrected chi connectivity index (χ4v) is 3.90. The molecule has 2 N–H and O–H groups in total. The van der Waals surface area contributed by atoms with E-state index in [1.165, 1.54) is 31.5 Å². The number of hydrazone groups is 1. The van der Waals surface area contributed by atoms with E-state index in [2.05, 4.69) is 26.5 Å². The summed E-state index contributed by atoms with van der Waals surface area (Å²) < 4.78 is 11.8. The first-order valence-corrected chi connectivity index (χ1v) is 11.4. The predicted octanol–water partition coefficient (Wildman–Crippen LogP) is 5.57. The summed E-state index contributed by atoms with van der Waals surface area (Å²) in [5, 5.41) is 26.8. The van der Waals surface area contributed by atoms with Crippen molar-refractivity contribution >= 4 is 44.5 Å². The Morgan fingerprint density at radius 3 is 2.56 bits per heavy atom. The van der Waals surface area contributed by atoms with Gasteiger partial charge in [-0.1, -0.05) is 36.4 Å². The van der Waals surface area contributed by atoms with E-state index in [1.54, 1.807) is 30.3 Å². The minimum absolute atomic E-state index is 0.0186. The topological polar surface area (TPSA) is 123 Å². The van der Waals surface area contributed by atoms with Gasteiger partial charge in [0.05, 0.1) is 23.8 Å². The van der Waals surface area contributed by atoms with E-state index in [-0.39, 0.29) is 23.6 Å². The molecule has 0 unspecified atom stereocenters. The van der Waals surface area contributed by atoms with E-state index in [4.69, 9.17) is 9.47 Å². The first-order chi connectivity index (χ1) is 17.4. The molecule has 36 heavy (non-hydrogen) atoms. The van der Waals surface area contributed by atoms with E-state index in [1.807, 2.05) is 24.3 Å². The maximum atomic E-state index is 12.6. The normalized spacial score (nSPS) is 10.9. The lowest BCUT2D eigenvalue weighted by atomic mass is 10.1. The highest BCUT2D eigenvalue weighted by atomic mass is 79.9. The van der Waals surface area contributed by atoms with Crippen molar-refractivity contribution < 1.29 is 24.3 Å². The van der Waals surface area contributed by atoms with Gasteiger partial charge in [-0.15, -0.1) is 0 Å². The number of nitro groups is 1. The van der Waals surface area contributed by atoms with Gasteiger partial charge in [-0.2, -0.15) is 5.10 Å². The zero-order valence-corrected chi connectivity index (χ0v) is 20.6. The fourth-order valence-electron chi connectivity index (χ4n) is 3.47. The molecule has 182 valence electrons. The molecule has 9 nitrogen and oxygen atoms in total. The molecule has 10 heteroatoms. The molecule has 0 bridgehead atoms. The monoisotopic (exact) mass is 549 g/mol. The van der Waals surface area contributed by atoms with Crippen molar-refractivity contribution in [3.63, 3.8) is 0 Å². The molecule has 4 aromatic carbocycles. The van der Waals surface area contributed by atoms with Crippen LogP contribution >= 0.6 is 15.9 Å². The lowest BCUT2D eigenvalue weighted by Gasteiger charge is -2.13. The summed E-state index contributed by atoms with van der Waals surface area (Å²) in [5.74, 6) is 0.116. The number of non-ortho nitro benzene ring substituents is 1. The van der Waals surface area contributed by atoms with Crippen LogP contribution in [0.5, 0.6) is 17.2 Å². The van der Waals surface area contributed by atoms with E-state index >= 15 is 0 Å². The fraction of sp³-hybridized carbons (Fsp3) is 0.0769. The molecule has 1 amide bonds. The SMILES string of the molecule is COc1cc(C=NNC(=O)c2cc3ccccc3cc2O)c(Br)cc1OCc1cccc([N+](=O)[O-])c1. The Labute approximate surface area is 214 Å². The van der Waals surface area contributed by atoms with Crippen molar-refractivity contribution in [3.8, 4) is 17.2 Å². The number of hydrogen-bond acceptors (Lipinski definition) is 7. The zero-order valence-electron chi connectivity index (χ0n) is 19.0. The Kier molecular flexibility index (Phi) is 7.45. The van der Waals surface area contributed by atoms with Crippen molar-refractivity contribution in [2.45, 2.75) is 6.61 Å². The molecule has 0 aliphatic rings. The Morgan fingerprint density at radius 2 is 1.83 bits per heavy atom. The number of nitrogens with zero attached hydrogens (tertiary/aromatic N) is 2. The number of methoxy groups -OCH3 is 1. The molecule has 4 aromatic rings. The van der Waals surface area contributed by atoms with Crippen molar-refractivity contribution in [3.05, 3.63) is 104 Å². The summed E-state index contributed by atoms with van der Waals surface area (Å²) in [7, 11) is 1.48. The van der Waals surface area contributed by atoms with Gasteiger partial charge in [0.1, 0.15) is 12.4 Å². The van der Waals surface area contributed by atoms with Crippen LogP contribution in [-0.2, 0) is 6.61 Å². The maximum Gasteiger partial charge on any atom is 0.275 e. The second kappa shape index (κ2) is 10.9. The summed E-state index contributed by atoms with van der Waals surface area (Å²) in [4.78, 5) is 23.1. The van der Waals surface area contributed by atoms with Gasteiger partial charge in [-0.3, -0.25) is 14.9 Å². The molecule has 0 radical (unpaired) electrons. The number of nitrogens with one attached hydrogen (secondary N) is 1. The second-order valence-electron chi connectivity index (χ2n) is 7.66. The number of phenolic OH excluding ortho intramolecular Hbond substituents is 1. The van der Waals surface area contributed by atoms with E-state index < -0.39 is 10.8 Å². The summed E-state index contributed by atoms with van der Waals surface area (Å²) in [6.07, 6.45) is 1.42. The van der Waals surface area contributed by atoms with E-state index in [0.717, 1.165) is 10.8 Å². The Hall–Kier alpha value is -4.44. The standard InChI is InChI=1S/C26H20BrN3O6/c1-35-24-12-19(22(27)13-25(24)36-15-16-5-4-8-20(9-16)30(33)34)14-28-29-26(32)21-10-17-6-2-3-7-18(17)11-23(21)31/h2-14,31H,15H2,1H3,(H,29,32). The number of rotatable bonds is 8. The Balaban J connectivity index is 1.47. The lowest BCUT2D eigenvalue weighted by molar-refractivity contribution is -0.384. The van der Waals surface area contributed by atoms with Crippen LogP contribution in [0, 0.1) is 10.1 Å². The molecule has 0 spiro atoms. The highest BCUT2D eigenvalue weighted by Gasteiger charge is 2.13. The van der Waals surface area contributed by atoms with Crippen molar-refractivity contribution in [2.75, 3.05) is 7.11 Å². The summed E-state index contributed by atoms with van der Waals surface area (Å²) in [5.41, 5.74) is 3.73. The minimum Gasteiger partial charge on any atom is -0.507 e. The quantitative estimate of drug-likeness (QED) is 0.168. The van der Waals surface area contributed by atoms with Gasteiger partial charge in [0.2, 0.25) is 0 Å². The summed E-state index contributed by atoms with van der Waals surface area (Å²) in [6, 6.07) is 20.0. The number of halogens is 1. The van der Waals surface area contributed by atoms with Crippen LogP contribution in [0.4, 0.5) is 5.69 Å². The Morgan fingerprint density at radius 1 is 1.08 bits per heavy atom. The van der Waals surface area contributed by atoms with Crippen molar-refractivity contribution in [1.29, 1.82) is 0 Å². The van der Waals surface area contributed by atoms with Gasteiger partial charge in [-0.05, 0) is 56.5 Å². The number of phenols is 1. The number of aromatic hydroxyl groups is 1. The number of hydrogen-bond donors (Lipinski definition) is 2. The third kappa shape index (κ3) is 5.61. The molecule has 0 heterocycles. The molecular formula is C26H20BrN3O6. The highest BCUT2D eigenvalue weighted by molar-refractivity contribution is 9.10. The Bertz CT molecular complexity index is 1490. The van der Waals surface area contributed by atoms with Crippen molar-refractivity contribution in [2.24, 2.45) is 5.10 Å². The van der Waals surface area contributed by atoms with Gasteiger partial charge in [0.25, 0.3) is 11.6 Å². The van der Waals surface area contributed by atoms with Crippen LogP contribution in [-0.4, -0.2) is 29.3 Å². The van der Waals surface area contributed by atoms with Gasteiger partial charge >= 0.3 is 0 Å². The van der Waals surface area contributed by atoms with E-state index in [0.29, 0.717) is 27.1 Å². The molecule has 0 aliphatic carbocycles. The predicted molar refractivity (Wildman–Crippen MR) is 139 cm³/mol. The van der Waals surface area contributed by atoms with Crippen LogP contribution < -0.4 is 14.9 Å². The number of benzene rings is 4. The summed E-state index contributed by atoms with van der Waals surface area (Å²) >= 11 is 3.45. The maximum absolute atomic E-state index is 12.6. The number of carbonyl (C=O) groups excluding carboxylic acids is 1. The van der Waals surface area contributed by atoms with Gasteiger partial charge in [0.15, 0.2) is 11.5 Å². The second-order valence-corrected chi connectivity index (χ2v) is 8.51. The third-order valence-electron chi connectivity index (χ3n) is 5.28. The molecule has 0 saturated carbocycles. The molecule has 0 saturated heterocycles. The van der Waals surface area contributed by atoms with Gasteiger partial charge in [0, 0.05) is 22.2 Å². The average molecular weight is 550 g/mol. The van der Waals surface area contributed by atoms with Crippen LogP contribution in [0.15, 0.2) is 82.4 Å². The van der Waals surface area contributed by atoms with Crippen LogP contribution in [0.2, 0.25) is 0 Å². The number of ether oxygens (including phenoxy) is 2. The van der Waals surface area contributed by atoms with Gasteiger partial charge in [-0.25, -0.2) is 5.43 Å². The third-order valence-corrected chi connectivity index (χ3v) is 5.96. The highest BCUT2D eigenvalue weighted by Crippen LogP contribution is 2.33. The molecule has 0 fully saturated rings. The zero-order chi connectivity index (χ0) is 25.7. The number of carbonyl (C=O) groups is 1. The number of fused-ring (bicyclic) bond motifs is 1. The lowest BCUT2D eigenvalue weighted by Crippen LogP contribution is -2.17. The molecular weight excluding hydrogens is 530 g/mol. The van der Waals surface area contributed by atoms with Crippen LogP contribution in [0.25, 0.3) is 10.8 Å². The molecule has 0 atom stereocenters. The average Bonchev–Trinajstić information content (AvgIpc) is 2.88.